The van der Waals surface area contributed by atoms with Crippen molar-refractivity contribution in [3.05, 3.63) is 65.4 Å². The number of hydrogen-bond acceptors (Lipinski definition) is 5. The van der Waals surface area contributed by atoms with Gasteiger partial charge in [0.2, 0.25) is 5.95 Å². The minimum atomic E-state index is 0.491. The maximum absolute atomic E-state index is 6.05. The normalized spacial score (nSPS) is 13.5. The topological polar surface area (TPSA) is 62.7 Å². The quantitative estimate of drug-likeness (QED) is 0.690. The van der Waals surface area contributed by atoms with Gasteiger partial charge in [-0.1, -0.05) is 23.7 Å². The predicted octanol–water partition coefficient (Wildman–Crippen LogP) is 4.38. The molecule has 126 valence electrons. The van der Waals surface area contributed by atoms with E-state index in [9.17, 15) is 0 Å². The van der Waals surface area contributed by atoms with Crippen LogP contribution in [-0.2, 0) is 6.54 Å². The molecule has 2 aromatic heterocycles. The minimum absolute atomic E-state index is 0.491. The van der Waals surface area contributed by atoms with Gasteiger partial charge in [0.25, 0.3) is 0 Å². The summed E-state index contributed by atoms with van der Waals surface area (Å²) in [6, 6.07) is 14.1. The molecule has 1 aromatic carbocycles. The molecule has 5 nitrogen and oxygen atoms in total. The molecule has 2 heterocycles. The van der Waals surface area contributed by atoms with E-state index in [2.05, 4.69) is 25.6 Å². The van der Waals surface area contributed by atoms with E-state index >= 15 is 0 Å². The summed E-state index contributed by atoms with van der Waals surface area (Å²) < 4.78 is 0. The van der Waals surface area contributed by atoms with Gasteiger partial charge >= 0.3 is 0 Å². The molecule has 6 heteroatoms. The van der Waals surface area contributed by atoms with Gasteiger partial charge in [-0.3, -0.25) is 4.98 Å². The lowest BCUT2D eigenvalue weighted by Crippen LogP contribution is -2.09. The van der Waals surface area contributed by atoms with E-state index in [0.717, 1.165) is 27.7 Å². The molecule has 0 aliphatic heterocycles. The van der Waals surface area contributed by atoms with Gasteiger partial charge < -0.3 is 10.6 Å². The Labute approximate surface area is 151 Å². The van der Waals surface area contributed by atoms with Crippen molar-refractivity contribution in [1.29, 1.82) is 0 Å². The molecular weight excluding hydrogens is 334 g/mol. The van der Waals surface area contributed by atoms with Gasteiger partial charge in [0, 0.05) is 41.6 Å². The molecule has 0 atom stereocenters. The molecule has 1 aliphatic carbocycles. The van der Waals surface area contributed by atoms with E-state index in [1.807, 2.05) is 48.7 Å². The third-order valence-electron chi connectivity index (χ3n) is 3.96. The second-order valence-corrected chi connectivity index (χ2v) is 6.54. The Morgan fingerprint density at radius 2 is 2.00 bits per heavy atom. The van der Waals surface area contributed by atoms with Crippen molar-refractivity contribution < 1.29 is 0 Å². The number of rotatable bonds is 6. The van der Waals surface area contributed by atoms with Gasteiger partial charge in [-0.25, -0.2) is 4.98 Å². The zero-order chi connectivity index (χ0) is 17.1. The number of halogens is 1. The highest BCUT2D eigenvalue weighted by atomic mass is 35.5. The molecule has 1 fully saturated rings. The fourth-order valence-corrected chi connectivity index (χ4v) is 2.73. The van der Waals surface area contributed by atoms with E-state index in [4.69, 9.17) is 11.6 Å². The molecular formula is C19H18ClN5. The van der Waals surface area contributed by atoms with Crippen molar-refractivity contribution in [1.82, 2.24) is 15.0 Å². The number of nitrogens with zero attached hydrogens (tertiary/aromatic N) is 3. The van der Waals surface area contributed by atoms with Gasteiger partial charge in [-0.2, -0.15) is 4.98 Å². The van der Waals surface area contributed by atoms with Gasteiger partial charge in [0.15, 0.2) is 0 Å². The fourth-order valence-electron chi connectivity index (χ4n) is 2.51. The number of hydrogen-bond donors (Lipinski definition) is 2. The second-order valence-electron chi connectivity index (χ2n) is 6.11. The summed E-state index contributed by atoms with van der Waals surface area (Å²) in [6.45, 7) is 0.646. The zero-order valence-electron chi connectivity index (χ0n) is 13.6. The predicted molar refractivity (Wildman–Crippen MR) is 101 cm³/mol. The minimum Gasteiger partial charge on any atom is -0.366 e. The molecule has 0 bridgehead atoms. The van der Waals surface area contributed by atoms with Crippen LogP contribution in [0.5, 0.6) is 0 Å². The van der Waals surface area contributed by atoms with E-state index in [-0.39, 0.29) is 0 Å². The van der Waals surface area contributed by atoms with Crippen molar-refractivity contribution >= 4 is 23.4 Å². The standard InChI is InChI=1S/C19H18ClN5/c20-15-5-1-3-13(9-15)11-22-18-10-17(14-4-2-8-21-12-14)24-19(25-18)23-16-6-7-16/h1-5,8-10,12,16H,6-7,11H2,(H2,22,23,24,25). The lowest BCUT2D eigenvalue weighted by Gasteiger charge is -2.11. The molecule has 0 spiro atoms. The van der Waals surface area contributed by atoms with Crippen LogP contribution in [0.25, 0.3) is 11.3 Å². The SMILES string of the molecule is Clc1cccc(CNc2cc(-c3cccnc3)nc(NC3CC3)n2)c1. The Kier molecular flexibility index (Phi) is 4.48. The van der Waals surface area contributed by atoms with Crippen LogP contribution in [0.15, 0.2) is 54.9 Å². The van der Waals surface area contributed by atoms with E-state index in [1.54, 1.807) is 6.20 Å². The van der Waals surface area contributed by atoms with E-state index < -0.39 is 0 Å². The van der Waals surface area contributed by atoms with Crippen molar-refractivity contribution in [3.63, 3.8) is 0 Å². The first kappa shape index (κ1) is 15.8. The number of benzene rings is 1. The first-order valence-corrected chi connectivity index (χ1v) is 8.68. The highest BCUT2D eigenvalue weighted by molar-refractivity contribution is 6.30. The molecule has 25 heavy (non-hydrogen) atoms. The maximum Gasteiger partial charge on any atom is 0.225 e. The van der Waals surface area contributed by atoms with Gasteiger partial charge in [-0.15, -0.1) is 0 Å². The van der Waals surface area contributed by atoms with Crippen LogP contribution in [-0.4, -0.2) is 21.0 Å². The van der Waals surface area contributed by atoms with Gasteiger partial charge in [0.05, 0.1) is 5.69 Å². The van der Waals surface area contributed by atoms with Crippen molar-refractivity contribution in [2.75, 3.05) is 10.6 Å². The number of aromatic nitrogens is 3. The van der Waals surface area contributed by atoms with Crippen LogP contribution in [0.2, 0.25) is 5.02 Å². The largest absolute Gasteiger partial charge is 0.366 e. The van der Waals surface area contributed by atoms with E-state index in [1.165, 1.54) is 12.8 Å². The monoisotopic (exact) mass is 351 g/mol. The molecule has 1 saturated carbocycles. The van der Waals surface area contributed by atoms with Crippen LogP contribution in [0.4, 0.5) is 11.8 Å². The molecule has 0 radical (unpaired) electrons. The Bertz CT molecular complexity index is 865. The lowest BCUT2D eigenvalue weighted by atomic mass is 10.2. The van der Waals surface area contributed by atoms with Crippen LogP contribution in [0.3, 0.4) is 0 Å². The summed E-state index contributed by atoms with van der Waals surface area (Å²) in [5.41, 5.74) is 2.92. The van der Waals surface area contributed by atoms with Gasteiger partial charge in [-0.05, 0) is 42.7 Å². The number of pyridine rings is 1. The van der Waals surface area contributed by atoms with Crippen molar-refractivity contribution in [3.8, 4) is 11.3 Å². The van der Waals surface area contributed by atoms with Gasteiger partial charge in [0.1, 0.15) is 5.82 Å². The fraction of sp³-hybridized carbons (Fsp3) is 0.211. The molecule has 3 aromatic rings. The van der Waals surface area contributed by atoms with Crippen LogP contribution >= 0.6 is 11.6 Å². The lowest BCUT2D eigenvalue weighted by molar-refractivity contribution is 1.03. The zero-order valence-corrected chi connectivity index (χ0v) is 14.4. The Balaban J connectivity index is 1.59. The van der Waals surface area contributed by atoms with Crippen molar-refractivity contribution in [2.45, 2.75) is 25.4 Å². The summed E-state index contributed by atoms with van der Waals surface area (Å²) in [4.78, 5) is 13.4. The number of anilines is 2. The molecule has 2 N–H and O–H groups in total. The molecule has 0 amide bonds. The molecule has 4 rings (SSSR count). The first-order chi connectivity index (χ1) is 12.3. The number of nitrogens with one attached hydrogen (secondary N) is 2. The van der Waals surface area contributed by atoms with Crippen LogP contribution < -0.4 is 10.6 Å². The molecule has 1 aliphatic rings. The highest BCUT2D eigenvalue weighted by Crippen LogP contribution is 2.26. The molecule has 0 unspecified atom stereocenters. The third kappa shape index (κ3) is 4.25. The average Bonchev–Trinajstić information content (AvgIpc) is 3.45. The third-order valence-corrected chi connectivity index (χ3v) is 4.19. The maximum atomic E-state index is 6.05. The average molecular weight is 352 g/mol. The first-order valence-electron chi connectivity index (χ1n) is 8.30. The summed E-state index contributed by atoms with van der Waals surface area (Å²) >= 11 is 6.05. The summed E-state index contributed by atoms with van der Waals surface area (Å²) in [5.74, 6) is 1.43. The van der Waals surface area contributed by atoms with E-state index in [0.29, 0.717) is 18.5 Å². The Morgan fingerprint density at radius 1 is 1.08 bits per heavy atom. The highest BCUT2D eigenvalue weighted by Gasteiger charge is 2.22. The van der Waals surface area contributed by atoms with Crippen molar-refractivity contribution in [2.24, 2.45) is 0 Å². The molecule has 0 saturated heterocycles. The summed E-state index contributed by atoms with van der Waals surface area (Å²) in [5, 5.41) is 7.46. The Hall–Kier alpha value is -2.66. The Morgan fingerprint density at radius 3 is 2.76 bits per heavy atom. The summed E-state index contributed by atoms with van der Waals surface area (Å²) in [6.07, 6.45) is 5.91. The smallest absolute Gasteiger partial charge is 0.225 e. The summed E-state index contributed by atoms with van der Waals surface area (Å²) in [7, 11) is 0. The second kappa shape index (κ2) is 7.07. The van der Waals surface area contributed by atoms with Crippen LogP contribution in [0, 0.1) is 0 Å². The van der Waals surface area contributed by atoms with Crippen LogP contribution in [0.1, 0.15) is 18.4 Å².